The van der Waals surface area contributed by atoms with Crippen LogP contribution in [0.3, 0.4) is 0 Å². The fourth-order valence-corrected chi connectivity index (χ4v) is 3.31. The van der Waals surface area contributed by atoms with Crippen molar-refractivity contribution in [2.45, 2.75) is 72.4 Å². The molecule has 5 nitrogen and oxygen atoms in total. The first kappa shape index (κ1) is 16.4. The van der Waals surface area contributed by atoms with Crippen molar-refractivity contribution < 1.29 is 0 Å². The van der Waals surface area contributed by atoms with Gasteiger partial charge in [-0.3, -0.25) is 0 Å². The smallest absolute Gasteiger partial charge is 0.167 e. The van der Waals surface area contributed by atoms with Crippen LogP contribution in [0.4, 0.5) is 0 Å². The number of aryl methyl sites for hydroxylation is 1. The fourth-order valence-electron chi connectivity index (χ4n) is 3.31. The lowest BCUT2D eigenvalue weighted by atomic mass is 9.81. The summed E-state index contributed by atoms with van der Waals surface area (Å²) in [5.41, 5.74) is 0. The highest BCUT2D eigenvalue weighted by Gasteiger charge is 2.20. The third-order valence-electron chi connectivity index (χ3n) is 4.57. The van der Waals surface area contributed by atoms with Gasteiger partial charge in [0, 0.05) is 6.54 Å². The van der Waals surface area contributed by atoms with Crippen molar-refractivity contribution in [2.75, 3.05) is 6.54 Å². The van der Waals surface area contributed by atoms with E-state index in [0.29, 0.717) is 5.92 Å². The molecule has 0 aliphatic heterocycles. The van der Waals surface area contributed by atoms with Crippen LogP contribution in [0.1, 0.15) is 71.7 Å². The number of nitrogens with zero attached hydrogens (tertiary/aromatic N) is 4. The van der Waals surface area contributed by atoms with E-state index in [-0.39, 0.29) is 6.04 Å². The SMILES string of the molecule is CC(C)CNC(C)c1nnnn1CCC1CCCC(C)C1. The Balaban J connectivity index is 1.85. The Morgan fingerprint density at radius 1 is 1.29 bits per heavy atom. The van der Waals surface area contributed by atoms with Gasteiger partial charge in [-0.15, -0.1) is 5.10 Å². The standard InChI is InChI=1S/C16H31N5/c1-12(2)11-17-14(4)16-18-19-20-21(16)9-8-15-7-5-6-13(3)10-15/h12-15,17H,5-11H2,1-4H3. The van der Waals surface area contributed by atoms with Crippen LogP contribution in [0.15, 0.2) is 0 Å². The molecule has 3 atom stereocenters. The molecule has 0 spiro atoms. The number of tetrazole rings is 1. The lowest BCUT2D eigenvalue weighted by molar-refractivity contribution is 0.256. The molecule has 1 aliphatic carbocycles. The molecule has 3 unspecified atom stereocenters. The monoisotopic (exact) mass is 293 g/mol. The van der Waals surface area contributed by atoms with Crippen LogP contribution in [0.5, 0.6) is 0 Å². The average Bonchev–Trinajstić information content (AvgIpc) is 2.91. The highest BCUT2D eigenvalue weighted by Crippen LogP contribution is 2.31. The van der Waals surface area contributed by atoms with E-state index in [2.05, 4.69) is 48.5 Å². The maximum atomic E-state index is 4.21. The zero-order valence-electron chi connectivity index (χ0n) is 14.0. The average molecular weight is 293 g/mol. The van der Waals surface area contributed by atoms with Crippen molar-refractivity contribution in [1.29, 1.82) is 0 Å². The van der Waals surface area contributed by atoms with Gasteiger partial charge in [-0.1, -0.05) is 40.0 Å². The van der Waals surface area contributed by atoms with Crippen LogP contribution in [0.25, 0.3) is 0 Å². The molecule has 5 heteroatoms. The Bertz CT molecular complexity index is 415. The summed E-state index contributed by atoms with van der Waals surface area (Å²) in [6.07, 6.45) is 6.75. The molecular weight excluding hydrogens is 262 g/mol. The second kappa shape index (κ2) is 7.87. The molecule has 1 N–H and O–H groups in total. The quantitative estimate of drug-likeness (QED) is 0.839. The van der Waals surface area contributed by atoms with E-state index in [9.17, 15) is 0 Å². The third kappa shape index (κ3) is 5.06. The van der Waals surface area contributed by atoms with Crippen LogP contribution in [-0.4, -0.2) is 26.8 Å². The van der Waals surface area contributed by atoms with Gasteiger partial charge >= 0.3 is 0 Å². The molecule has 120 valence electrons. The predicted octanol–water partition coefficient (Wildman–Crippen LogP) is 3.20. The van der Waals surface area contributed by atoms with E-state index in [1.165, 1.54) is 32.1 Å². The number of hydrogen-bond donors (Lipinski definition) is 1. The van der Waals surface area contributed by atoms with Crippen molar-refractivity contribution >= 4 is 0 Å². The Hall–Kier alpha value is -0.970. The van der Waals surface area contributed by atoms with E-state index in [0.717, 1.165) is 30.7 Å². The minimum atomic E-state index is 0.215. The van der Waals surface area contributed by atoms with E-state index < -0.39 is 0 Å². The molecule has 1 aliphatic rings. The Morgan fingerprint density at radius 3 is 2.81 bits per heavy atom. The molecule has 1 aromatic rings. The Kier molecular flexibility index (Phi) is 6.15. The van der Waals surface area contributed by atoms with E-state index in [1.807, 2.05) is 4.68 Å². The second-order valence-corrected chi connectivity index (χ2v) is 7.21. The molecule has 21 heavy (non-hydrogen) atoms. The Labute approximate surface area is 128 Å². The zero-order valence-corrected chi connectivity index (χ0v) is 14.0. The molecule has 1 fully saturated rings. The maximum absolute atomic E-state index is 4.21. The highest BCUT2D eigenvalue weighted by molar-refractivity contribution is 4.89. The summed E-state index contributed by atoms with van der Waals surface area (Å²) in [6.45, 7) is 10.9. The van der Waals surface area contributed by atoms with Crippen LogP contribution >= 0.6 is 0 Å². The van der Waals surface area contributed by atoms with Gasteiger partial charge in [0.2, 0.25) is 0 Å². The summed E-state index contributed by atoms with van der Waals surface area (Å²) in [4.78, 5) is 0. The van der Waals surface area contributed by atoms with Crippen LogP contribution in [0, 0.1) is 17.8 Å². The summed E-state index contributed by atoms with van der Waals surface area (Å²) in [5, 5.41) is 15.8. The van der Waals surface area contributed by atoms with Gasteiger partial charge in [0.15, 0.2) is 5.82 Å². The zero-order chi connectivity index (χ0) is 15.2. The lowest BCUT2D eigenvalue weighted by Crippen LogP contribution is -2.26. The third-order valence-corrected chi connectivity index (χ3v) is 4.57. The van der Waals surface area contributed by atoms with E-state index in [4.69, 9.17) is 0 Å². The number of hydrogen-bond acceptors (Lipinski definition) is 4. The minimum absolute atomic E-state index is 0.215. The summed E-state index contributed by atoms with van der Waals surface area (Å²) in [7, 11) is 0. The second-order valence-electron chi connectivity index (χ2n) is 7.21. The number of aromatic nitrogens is 4. The highest BCUT2D eigenvalue weighted by atomic mass is 15.5. The van der Waals surface area contributed by atoms with Gasteiger partial charge in [0.25, 0.3) is 0 Å². The predicted molar refractivity (Wildman–Crippen MR) is 84.8 cm³/mol. The van der Waals surface area contributed by atoms with Gasteiger partial charge in [-0.2, -0.15) is 0 Å². The summed E-state index contributed by atoms with van der Waals surface area (Å²) in [5.74, 6) is 3.36. The lowest BCUT2D eigenvalue weighted by Gasteiger charge is -2.26. The van der Waals surface area contributed by atoms with Crippen molar-refractivity contribution in [2.24, 2.45) is 17.8 Å². The molecule has 2 rings (SSSR count). The normalized spacial score (nSPS) is 24.4. The summed E-state index contributed by atoms with van der Waals surface area (Å²) >= 11 is 0. The molecule has 0 saturated heterocycles. The molecule has 0 radical (unpaired) electrons. The molecule has 0 bridgehead atoms. The van der Waals surface area contributed by atoms with Crippen molar-refractivity contribution in [3.8, 4) is 0 Å². The molecule has 0 amide bonds. The van der Waals surface area contributed by atoms with Gasteiger partial charge in [-0.05, 0) is 54.5 Å². The molecule has 0 aromatic carbocycles. The summed E-state index contributed by atoms with van der Waals surface area (Å²) in [6, 6.07) is 0.215. The fraction of sp³-hybridized carbons (Fsp3) is 0.938. The van der Waals surface area contributed by atoms with Gasteiger partial charge < -0.3 is 5.32 Å². The summed E-state index contributed by atoms with van der Waals surface area (Å²) < 4.78 is 2.00. The first-order chi connectivity index (χ1) is 10.1. The van der Waals surface area contributed by atoms with Crippen LogP contribution in [0.2, 0.25) is 0 Å². The molecule has 1 aromatic heterocycles. The molecule has 1 saturated carbocycles. The Morgan fingerprint density at radius 2 is 2.10 bits per heavy atom. The topological polar surface area (TPSA) is 55.6 Å². The number of nitrogens with one attached hydrogen (secondary N) is 1. The van der Waals surface area contributed by atoms with Crippen LogP contribution < -0.4 is 5.32 Å². The maximum Gasteiger partial charge on any atom is 0.167 e. The van der Waals surface area contributed by atoms with Gasteiger partial charge in [0.05, 0.1) is 6.04 Å². The number of rotatable bonds is 7. The van der Waals surface area contributed by atoms with Crippen LogP contribution in [-0.2, 0) is 6.54 Å². The van der Waals surface area contributed by atoms with Crippen molar-refractivity contribution in [1.82, 2.24) is 25.5 Å². The molecule has 1 heterocycles. The minimum Gasteiger partial charge on any atom is -0.307 e. The van der Waals surface area contributed by atoms with E-state index in [1.54, 1.807) is 0 Å². The van der Waals surface area contributed by atoms with Crippen molar-refractivity contribution in [3.05, 3.63) is 5.82 Å². The van der Waals surface area contributed by atoms with Gasteiger partial charge in [0.1, 0.15) is 0 Å². The molecular formula is C16H31N5. The largest absolute Gasteiger partial charge is 0.307 e. The first-order valence-electron chi connectivity index (χ1n) is 8.55. The van der Waals surface area contributed by atoms with E-state index >= 15 is 0 Å². The van der Waals surface area contributed by atoms with Gasteiger partial charge in [-0.25, -0.2) is 4.68 Å². The van der Waals surface area contributed by atoms with Crippen molar-refractivity contribution in [3.63, 3.8) is 0 Å². The first-order valence-corrected chi connectivity index (χ1v) is 8.55.